The molecule has 1 rings (SSSR count). The third-order valence-electron chi connectivity index (χ3n) is 1.42. The summed E-state index contributed by atoms with van der Waals surface area (Å²) < 4.78 is 4.78. The Bertz CT molecular complexity index is 165. The predicted molar refractivity (Wildman–Crippen MR) is 33.8 cm³/mol. The first-order valence-electron chi connectivity index (χ1n) is 3.09. The van der Waals surface area contributed by atoms with Gasteiger partial charge in [0.05, 0.1) is 6.04 Å². The molecule has 1 aliphatic rings. The number of hydrogen-bond donors (Lipinski definition) is 1. The number of nitrogens with one attached hydrogen (secondary N) is 1. The van der Waals surface area contributed by atoms with Crippen molar-refractivity contribution in [1.29, 1.82) is 0 Å². The van der Waals surface area contributed by atoms with E-state index in [1.54, 1.807) is 0 Å². The molecule has 0 bridgehead atoms. The van der Waals surface area contributed by atoms with Crippen LogP contribution in [0.1, 0.15) is 0 Å². The predicted octanol–water partition coefficient (Wildman–Crippen LogP) is -1.73. The first-order chi connectivity index (χ1) is 5.31. The molecule has 0 aromatic rings. The molecule has 0 radical (unpaired) electrons. The van der Waals surface area contributed by atoms with E-state index in [1.165, 1.54) is 0 Å². The Labute approximate surface area is 62.7 Å². The van der Waals surface area contributed by atoms with E-state index in [1.807, 2.05) is 0 Å². The Hall–Kier alpha value is -1.07. The second kappa shape index (κ2) is 3.36. The van der Waals surface area contributed by atoms with Gasteiger partial charge in [0.25, 0.3) is 0 Å². The number of ether oxygens (including phenoxy) is 1. The first-order valence-corrected chi connectivity index (χ1v) is 3.09. The van der Waals surface area contributed by atoms with Gasteiger partial charge >= 0.3 is 0 Å². The molecule has 0 aromatic heterocycles. The van der Waals surface area contributed by atoms with Crippen molar-refractivity contribution in [3.8, 4) is 0 Å². The lowest BCUT2D eigenvalue weighted by Crippen LogP contribution is -2.35. The highest BCUT2D eigenvalue weighted by Crippen LogP contribution is 2.06. The van der Waals surface area contributed by atoms with Crippen LogP contribution in [-0.2, 0) is 19.1 Å². The summed E-state index contributed by atoms with van der Waals surface area (Å²) in [6.45, 7) is 0. The van der Waals surface area contributed by atoms with E-state index < -0.39 is 18.4 Å². The van der Waals surface area contributed by atoms with Crippen LogP contribution in [0.15, 0.2) is 0 Å². The SMILES string of the molecule is O=CC1NC(C=O)C(C=O)O1. The molecule has 0 spiro atoms. The molecule has 1 aliphatic heterocycles. The molecule has 0 amide bonds. The molecular weight excluding hydrogens is 150 g/mol. The van der Waals surface area contributed by atoms with Crippen LogP contribution >= 0.6 is 0 Å². The van der Waals surface area contributed by atoms with E-state index in [0.29, 0.717) is 18.9 Å². The van der Waals surface area contributed by atoms with E-state index in [9.17, 15) is 14.4 Å². The van der Waals surface area contributed by atoms with Gasteiger partial charge in [-0.1, -0.05) is 0 Å². The lowest BCUT2D eigenvalue weighted by atomic mass is 10.2. The molecule has 60 valence electrons. The molecule has 3 atom stereocenters. The first kappa shape index (κ1) is 8.03. The van der Waals surface area contributed by atoms with Crippen molar-refractivity contribution in [2.45, 2.75) is 18.4 Å². The van der Waals surface area contributed by atoms with Crippen molar-refractivity contribution in [1.82, 2.24) is 5.32 Å². The highest BCUT2D eigenvalue weighted by atomic mass is 16.5. The third-order valence-corrected chi connectivity index (χ3v) is 1.42. The number of carbonyl (C=O) groups is 3. The minimum Gasteiger partial charge on any atom is -0.343 e. The van der Waals surface area contributed by atoms with Crippen molar-refractivity contribution in [2.24, 2.45) is 0 Å². The summed E-state index contributed by atoms with van der Waals surface area (Å²) >= 11 is 0. The average Bonchev–Trinajstić information content (AvgIpc) is 2.46. The van der Waals surface area contributed by atoms with Crippen molar-refractivity contribution in [2.75, 3.05) is 0 Å². The Balaban J connectivity index is 2.60. The van der Waals surface area contributed by atoms with Crippen LogP contribution in [-0.4, -0.2) is 37.2 Å². The maximum absolute atomic E-state index is 10.2. The van der Waals surface area contributed by atoms with Crippen molar-refractivity contribution >= 4 is 18.9 Å². The molecule has 0 aliphatic carbocycles. The van der Waals surface area contributed by atoms with Gasteiger partial charge < -0.3 is 14.3 Å². The van der Waals surface area contributed by atoms with Gasteiger partial charge in [-0.15, -0.1) is 0 Å². The number of rotatable bonds is 3. The van der Waals surface area contributed by atoms with Crippen LogP contribution in [0.2, 0.25) is 0 Å². The van der Waals surface area contributed by atoms with E-state index >= 15 is 0 Å². The van der Waals surface area contributed by atoms with Gasteiger partial charge in [-0.05, 0) is 0 Å². The molecule has 5 heteroatoms. The van der Waals surface area contributed by atoms with E-state index in [-0.39, 0.29) is 0 Å². The van der Waals surface area contributed by atoms with Gasteiger partial charge in [0, 0.05) is 0 Å². The third kappa shape index (κ3) is 1.50. The van der Waals surface area contributed by atoms with Gasteiger partial charge in [0.1, 0.15) is 12.4 Å². The standard InChI is InChI=1S/C6H7NO4/c8-1-4-5(2-9)11-6(3-10)7-4/h1-7H. The largest absolute Gasteiger partial charge is 0.343 e. The Morgan fingerprint density at radius 3 is 2.18 bits per heavy atom. The van der Waals surface area contributed by atoms with Crippen LogP contribution in [0.4, 0.5) is 0 Å². The number of aldehydes is 3. The fourth-order valence-electron chi connectivity index (χ4n) is 0.883. The van der Waals surface area contributed by atoms with Crippen LogP contribution in [0.5, 0.6) is 0 Å². The lowest BCUT2D eigenvalue weighted by molar-refractivity contribution is -0.125. The van der Waals surface area contributed by atoms with Crippen LogP contribution in [0.3, 0.4) is 0 Å². The molecule has 1 N–H and O–H groups in total. The summed E-state index contributed by atoms with van der Waals surface area (Å²) in [6, 6.07) is -0.692. The monoisotopic (exact) mass is 157 g/mol. The zero-order chi connectivity index (χ0) is 8.27. The molecule has 0 aromatic carbocycles. The van der Waals surface area contributed by atoms with Crippen LogP contribution in [0.25, 0.3) is 0 Å². The van der Waals surface area contributed by atoms with Crippen molar-refractivity contribution < 1.29 is 19.1 Å². The zero-order valence-electron chi connectivity index (χ0n) is 5.60. The van der Waals surface area contributed by atoms with Crippen LogP contribution in [0, 0.1) is 0 Å². The quantitative estimate of drug-likeness (QED) is 0.492. The van der Waals surface area contributed by atoms with Gasteiger partial charge in [-0.2, -0.15) is 0 Å². The molecule has 1 fully saturated rings. The fraction of sp³-hybridized carbons (Fsp3) is 0.500. The highest BCUT2D eigenvalue weighted by Gasteiger charge is 2.33. The average molecular weight is 157 g/mol. The van der Waals surface area contributed by atoms with E-state index in [4.69, 9.17) is 4.74 Å². The topological polar surface area (TPSA) is 72.5 Å². The minimum atomic E-state index is -0.833. The maximum Gasteiger partial charge on any atom is 0.166 e. The summed E-state index contributed by atoms with van der Waals surface area (Å²) in [4.78, 5) is 30.5. The molecular formula is C6H7NO4. The van der Waals surface area contributed by atoms with Crippen LogP contribution < -0.4 is 5.32 Å². The number of hydrogen-bond acceptors (Lipinski definition) is 5. The molecule has 0 saturated carbocycles. The maximum atomic E-state index is 10.2. The summed E-state index contributed by atoms with van der Waals surface area (Å²) in [7, 11) is 0. The normalized spacial score (nSPS) is 36.5. The van der Waals surface area contributed by atoms with Gasteiger partial charge in [-0.25, -0.2) is 0 Å². The summed E-state index contributed by atoms with van der Waals surface area (Å²) in [5.41, 5.74) is 0. The fourth-order valence-corrected chi connectivity index (χ4v) is 0.883. The van der Waals surface area contributed by atoms with Gasteiger partial charge in [-0.3, -0.25) is 10.1 Å². The molecule has 3 unspecified atom stereocenters. The van der Waals surface area contributed by atoms with E-state index in [0.717, 1.165) is 0 Å². The Morgan fingerprint density at radius 1 is 1.09 bits per heavy atom. The number of carbonyl (C=O) groups excluding carboxylic acids is 3. The van der Waals surface area contributed by atoms with Gasteiger partial charge in [0.15, 0.2) is 18.8 Å². The summed E-state index contributed by atoms with van der Waals surface area (Å²) in [6.07, 6.45) is -0.124. The van der Waals surface area contributed by atoms with Crippen molar-refractivity contribution in [3.05, 3.63) is 0 Å². The minimum absolute atomic E-state index is 0.496. The smallest absolute Gasteiger partial charge is 0.166 e. The van der Waals surface area contributed by atoms with E-state index in [2.05, 4.69) is 5.32 Å². The zero-order valence-corrected chi connectivity index (χ0v) is 5.60. The highest BCUT2D eigenvalue weighted by molar-refractivity contribution is 5.72. The molecule has 11 heavy (non-hydrogen) atoms. The summed E-state index contributed by atoms with van der Waals surface area (Å²) in [5, 5.41) is 2.50. The Kier molecular flexibility index (Phi) is 2.45. The Morgan fingerprint density at radius 2 is 1.82 bits per heavy atom. The summed E-state index contributed by atoms with van der Waals surface area (Å²) in [5.74, 6) is 0. The molecule has 5 nitrogen and oxygen atoms in total. The van der Waals surface area contributed by atoms with Crippen molar-refractivity contribution in [3.63, 3.8) is 0 Å². The second-order valence-corrected chi connectivity index (χ2v) is 2.12. The molecule has 1 saturated heterocycles. The molecule has 1 heterocycles. The lowest BCUT2D eigenvalue weighted by Gasteiger charge is -2.01. The second-order valence-electron chi connectivity index (χ2n) is 2.12. The van der Waals surface area contributed by atoms with Gasteiger partial charge in [0.2, 0.25) is 0 Å².